The van der Waals surface area contributed by atoms with Crippen molar-refractivity contribution in [1.82, 2.24) is 5.32 Å². The molecule has 0 aliphatic carbocycles. The number of halogens is 1. The van der Waals surface area contributed by atoms with Gasteiger partial charge >= 0.3 is 6.09 Å². The largest absolute Gasteiger partial charge is 0.445 e. The van der Waals surface area contributed by atoms with E-state index in [1.807, 2.05) is 37.3 Å². The van der Waals surface area contributed by atoms with E-state index in [4.69, 9.17) is 4.74 Å². The minimum atomic E-state index is -0.359. The lowest BCUT2D eigenvalue weighted by Crippen LogP contribution is -2.28. The van der Waals surface area contributed by atoms with E-state index in [1.165, 1.54) is 0 Å². The molecule has 0 saturated carbocycles. The number of hydrogen-bond acceptors (Lipinski definition) is 2. The number of benzene rings is 1. The van der Waals surface area contributed by atoms with Crippen molar-refractivity contribution >= 4 is 28.7 Å². The van der Waals surface area contributed by atoms with Gasteiger partial charge < -0.3 is 10.1 Å². The van der Waals surface area contributed by atoms with Crippen molar-refractivity contribution in [3.63, 3.8) is 0 Å². The van der Waals surface area contributed by atoms with E-state index < -0.39 is 0 Å². The maximum Gasteiger partial charge on any atom is 0.407 e. The number of rotatable bonds is 4. The third kappa shape index (κ3) is 5.61. The Balaban J connectivity index is 2.23. The average molecular weight is 319 g/mol. The predicted octanol–water partition coefficient (Wildman–Crippen LogP) is 2.74. The Kier molecular flexibility index (Phi) is 5.45. The zero-order valence-corrected chi connectivity index (χ0v) is 10.7. The Morgan fingerprint density at radius 2 is 2.13 bits per heavy atom. The molecule has 1 amide bonds. The molecule has 3 nitrogen and oxygen atoms in total. The van der Waals surface area contributed by atoms with Gasteiger partial charge in [-0.1, -0.05) is 59.8 Å². The molecule has 0 unspecified atom stereocenters. The summed E-state index contributed by atoms with van der Waals surface area (Å²) in [5, 5.41) is 2.68. The summed E-state index contributed by atoms with van der Waals surface area (Å²) in [4.78, 5) is 11.2. The summed E-state index contributed by atoms with van der Waals surface area (Å²) in [5.41, 5.74) is 0.996. The lowest BCUT2D eigenvalue weighted by atomic mass is 10.2. The third-order valence-corrected chi connectivity index (χ3v) is 2.18. The van der Waals surface area contributed by atoms with E-state index in [-0.39, 0.29) is 6.09 Å². The highest BCUT2D eigenvalue weighted by Crippen LogP contribution is 2.01. The zero-order valence-electron chi connectivity index (χ0n) is 8.57. The quantitative estimate of drug-likeness (QED) is 0.684. The molecule has 0 aliphatic heterocycles. The number of carbonyl (C=O) groups excluding carboxylic acids is 1. The van der Waals surface area contributed by atoms with Crippen molar-refractivity contribution in [3.8, 4) is 0 Å². The molecule has 0 heterocycles. The number of carbonyl (C=O) groups is 1. The highest BCUT2D eigenvalue weighted by molar-refractivity contribution is 14.1. The Morgan fingerprint density at radius 3 is 2.73 bits per heavy atom. The standard InChI is InChI=1S/C11H14INO2/c1-9(12)7-13-11(14)15-8-10-5-3-2-4-6-10/h2-6,9H,7-8H2,1H3,(H,13,14)/t9-/m1/s1. The van der Waals surface area contributed by atoms with Crippen LogP contribution in [0.5, 0.6) is 0 Å². The maximum atomic E-state index is 11.2. The van der Waals surface area contributed by atoms with Gasteiger partial charge in [0.05, 0.1) is 0 Å². The first-order valence-electron chi connectivity index (χ1n) is 4.77. The van der Waals surface area contributed by atoms with Crippen LogP contribution in [-0.2, 0) is 11.3 Å². The van der Waals surface area contributed by atoms with Crippen molar-refractivity contribution in [2.45, 2.75) is 17.5 Å². The molecule has 0 saturated heterocycles. The maximum absolute atomic E-state index is 11.2. The van der Waals surface area contributed by atoms with Crippen LogP contribution >= 0.6 is 22.6 Å². The Bertz CT molecular complexity index is 301. The number of hydrogen-bond donors (Lipinski definition) is 1. The van der Waals surface area contributed by atoms with E-state index in [2.05, 4.69) is 27.9 Å². The van der Waals surface area contributed by atoms with Gasteiger partial charge in [-0.05, 0) is 5.56 Å². The van der Waals surface area contributed by atoms with Gasteiger partial charge in [0, 0.05) is 10.5 Å². The van der Waals surface area contributed by atoms with Crippen LogP contribution in [0.15, 0.2) is 30.3 Å². The normalized spacial score (nSPS) is 11.9. The van der Waals surface area contributed by atoms with Crippen LogP contribution < -0.4 is 5.32 Å². The number of amides is 1. The minimum absolute atomic E-state index is 0.322. The molecule has 1 N–H and O–H groups in total. The van der Waals surface area contributed by atoms with Crippen molar-refractivity contribution < 1.29 is 9.53 Å². The zero-order chi connectivity index (χ0) is 11.1. The van der Waals surface area contributed by atoms with Crippen LogP contribution in [0.25, 0.3) is 0 Å². The summed E-state index contributed by atoms with van der Waals surface area (Å²) in [6, 6.07) is 9.62. The molecule has 4 heteroatoms. The topological polar surface area (TPSA) is 38.3 Å². The van der Waals surface area contributed by atoms with Gasteiger partial charge in [-0.2, -0.15) is 0 Å². The van der Waals surface area contributed by atoms with E-state index in [0.29, 0.717) is 17.1 Å². The van der Waals surface area contributed by atoms with Gasteiger partial charge in [-0.3, -0.25) is 0 Å². The second-order valence-corrected chi connectivity index (χ2v) is 5.35. The first-order valence-corrected chi connectivity index (χ1v) is 6.01. The van der Waals surface area contributed by atoms with Crippen LogP contribution in [0.3, 0.4) is 0 Å². The highest BCUT2D eigenvalue weighted by atomic mass is 127. The van der Waals surface area contributed by atoms with Gasteiger partial charge in [0.1, 0.15) is 6.61 Å². The summed E-state index contributed by atoms with van der Waals surface area (Å²) in [6.07, 6.45) is -0.359. The minimum Gasteiger partial charge on any atom is -0.445 e. The van der Waals surface area contributed by atoms with Crippen LogP contribution in [-0.4, -0.2) is 16.6 Å². The number of alkyl halides is 1. The molecule has 0 aromatic heterocycles. The fourth-order valence-electron chi connectivity index (χ4n) is 0.998. The molecule has 1 rings (SSSR count). The van der Waals surface area contributed by atoms with Crippen LogP contribution in [0.2, 0.25) is 0 Å². The Morgan fingerprint density at radius 1 is 1.47 bits per heavy atom. The molecule has 1 aromatic carbocycles. The monoisotopic (exact) mass is 319 g/mol. The molecule has 0 aliphatic rings. The molecule has 0 spiro atoms. The van der Waals surface area contributed by atoms with Gasteiger partial charge in [0.25, 0.3) is 0 Å². The van der Waals surface area contributed by atoms with Crippen LogP contribution in [0.1, 0.15) is 12.5 Å². The first-order chi connectivity index (χ1) is 7.18. The summed E-state index contributed by atoms with van der Waals surface area (Å²) >= 11 is 2.25. The Hall–Kier alpha value is -0.780. The molecular formula is C11H14INO2. The molecule has 1 atom stereocenters. The summed E-state index contributed by atoms with van der Waals surface area (Å²) in [7, 11) is 0. The van der Waals surface area contributed by atoms with E-state index in [1.54, 1.807) is 0 Å². The van der Waals surface area contributed by atoms with Crippen molar-refractivity contribution in [2.24, 2.45) is 0 Å². The summed E-state index contributed by atoms with van der Waals surface area (Å²) in [5.74, 6) is 0. The van der Waals surface area contributed by atoms with E-state index in [0.717, 1.165) is 5.56 Å². The number of ether oxygens (including phenoxy) is 1. The van der Waals surface area contributed by atoms with Gasteiger partial charge in [-0.15, -0.1) is 0 Å². The molecule has 15 heavy (non-hydrogen) atoms. The molecule has 0 radical (unpaired) electrons. The SMILES string of the molecule is C[C@@H](I)CNC(=O)OCc1ccccc1. The Labute approximate surface area is 103 Å². The molecule has 1 aromatic rings. The molecule has 0 fully saturated rings. The number of alkyl carbamates (subject to hydrolysis) is 1. The summed E-state index contributed by atoms with van der Waals surface area (Å²) in [6.45, 7) is 2.98. The lowest BCUT2D eigenvalue weighted by molar-refractivity contribution is 0.140. The number of nitrogens with one attached hydrogen (secondary N) is 1. The average Bonchev–Trinajstić information content (AvgIpc) is 2.25. The fourth-order valence-corrected chi connectivity index (χ4v) is 1.22. The predicted molar refractivity (Wildman–Crippen MR) is 68.1 cm³/mol. The van der Waals surface area contributed by atoms with Crippen molar-refractivity contribution in [1.29, 1.82) is 0 Å². The smallest absolute Gasteiger partial charge is 0.407 e. The van der Waals surface area contributed by atoms with Gasteiger partial charge in [0.15, 0.2) is 0 Å². The van der Waals surface area contributed by atoms with Crippen molar-refractivity contribution in [3.05, 3.63) is 35.9 Å². The van der Waals surface area contributed by atoms with Crippen molar-refractivity contribution in [2.75, 3.05) is 6.54 Å². The second kappa shape index (κ2) is 6.66. The van der Waals surface area contributed by atoms with Crippen LogP contribution in [0, 0.1) is 0 Å². The molecule has 0 bridgehead atoms. The third-order valence-electron chi connectivity index (χ3n) is 1.74. The van der Waals surface area contributed by atoms with E-state index in [9.17, 15) is 4.79 Å². The van der Waals surface area contributed by atoms with E-state index >= 15 is 0 Å². The second-order valence-electron chi connectivity index (χ2n) is 3.22. The molecule has 82 valence electrons. The summed E-state index contributed by atoms with van der Waals surface area (Å²) < 4.78 is 5.43. The lowest BCUT2D eigenvalue weighted by Gasteiger charge is -2.07. The van der Waals surface area contributed by atoms with Gasteiger partial charge in [-0.25, -0.2) is 4.79 Å². The highest BCUT2D eigenvalue weighted by Gasteiger charge is 2.03. The molecular weight excluding hydrogens is 305 g/mol. The van der Waals surface area contributed by atoms with Crippen LogP contribution in [0.4, 0.5) is 4.79 Å². The first kappa shape index (κ1) is 12.3. The fraction of sp³-hybridized carbons (Fsp3) is 0.364. The van der Waals surface area contributed by atoms with Gasteiger partial charge in [0.2, 0.25) is 0 Å².